The molecule has 0 bridgehead atoms. The Bertz CT molecular complexity index is 1130. The minimum atomic E-state index is -5.45. The van der Waals surface area contributed by atoms with Crippen molar-refractivity contribution in [1.29, 1.82) is 0 Å². The van der Waals surface area contributed by atoms with Crippen LogP contribution >= 0.6 is 0 Å². The molecule has 17 heteroatoms. The predicted octanol–water partition coefficient (Wildman–Crippen LogP) is 3.21. The van der Waals surface area contributed by atoms with Crippen LogP contribution in [-0.2, 0) is 9.59 Å². The second kappa shape index (κ2) is 9.80. The Kier molecular flexibility index (Phi) is 7.54. The molecule has 0 unspecified atom stereocenters. The number of pyridine rings is 1. The highest BCUT2D eigenvalue weighted by Gasteiger charge is 2.40. The van der Waals surface area contributed by atoms with E-state index in [1.54, 1.807) is 0 Å². The number of hydrogen-bond donors (Lipinski definition) is 2. The molecule has 0 saturated carbocycles. The monoisotopic (exact) mass is 501 g/mol. The maximum atomic E-state index is 12.6. The summed E-state index contributed by atoms with van der Waals surface area (Å²) in [4.78, 5) is 32.4. The lowest BCUT2D eigenvalue weighted by atomic mass is 10.2. The number of nitrogens with one attached hydrogen (secondary N) is 2. The van der Waals surface area contributed by atoms with Crippen LogP contribution in [0, 0.1) is 11.8 Å². The highest BCUT2D eigenvalue weighted by Crippen LogP contribution is 2.28. The number of hydrogen-bond acceptors (Lipinski definition) is 6. The van der Waals surface area contributed by atoms with Gasteiger partial charge >= 0.3 is 30.3 Å². The fourth-order valence-corrected chi connectivity index (χ4v) is 1.92. The lowest BCUT2D eigenvalue weighted by Gasteiger charge is -2.14. The molecule has 0 fully saturated rings. The Morgan fingerprint density at radius 1 is 0.882 bits per heavy atom. The number of nitrogens with zero attached hydrogens (tertiary/aromatic N) is 3. The van der Waals surface area contributed by atoms with Crippen LogP contribution in [0.25, 0.3) is 0 Å². The molecule has 2 aromatic rings. The van der Waals surface area contributed by atoms with Crippen LogP contribution in [0.5, 0.6) is 5.88 Å². The molecule has 0 aliphatic heterocycles. The van der Waals surface area contributed by atoms with Gasteiger partial charge in [-0.25, -0.2) is 9.97 Å². The Hall–Kier alpha value is -4.10. The molecular formula is C17H8F9N5O3. The van der Waals surface area contributed by atoms with Crippen molar-refractivity contribution < 1.29 is 53.8 Å². The fourth-order valence-electron chi connectivity index (χ4n) is 1.92. The average molecular weight is 501 g/mol. The van der Waals surface area contributed by atoms with Gasteiger partial charge in [-0.3, -0.25) is 9.59 Å². The van der Waals surface area contributed by atoms with E-state index in [0.29, 0.717) is 6.33 Å². The molecule has 0 atom stereocenters. The molecular weight excluding hydrogens is 493 g/mol. The van der Waals surface area contributed by atoms with Gasteiger partial charge in [0.25, 0.3) is 0 Å². The van der Waals surface area contributed by atoms with Gasteiger partial charge in [0.15, 0.2) is 6.61 Å². The number of amides is 2. The second-order valence-corrected chi connectivity index (χ2v) is 5.89. The molecule has 8 nitrogen and oxygen atoms in total. The van der Waals surface area contributed by atoms with Crippen LogP contribution in [0.4, 0.5) is 51.0 Å². The number of aromatic nitrogens is 3. The molecule has 0 radical (unpaired) electrons. The summed E-state index contributed by atoms with van der Waals surface area (Å²) >= 11 is 0. The molecule has 182 valence electrons. The molecule has 0 spiro atoms. The average Bonchev–Trinajstić information content (AvgIpc) is 2.70. The minimum absolute atomic E-state index is 0.142. The van der Waals surface area contributed by atoms with Gasteiger partial charge in [-0.2, -0.15) is 44.5 Å². The zero-order valence-corrected chi connectivity index (χ0v) is 16.0. The van der Waals surface area contributed by atoms with Crippen LogP contribution in [0.15, 0.2) is 24.7 Å². The van der Waals surface area contributed by atoms with Crippen molar-refractivity contribution in [1.82, 2.24) is 15.0 Å². The third-order valence-electron chi connectivity index (χ3n) is 3.27. The van der Waals surface area contributed by atoms with Crippen LogP contribution in [0.2, 0.25) is 0 Å². The second-order valence-electron chi connectivity index (χ2n) is 5.89. The Balaban J connectivity index is 2.42. The number of halogens is 9. The van der Waals surface area contributed by atoms with E-state index in [-0.39, 0.29) is 5.56 Å². The Morgan fingerprint density at radius 3 is 2.09 bits per heavy atom. The van der Waals surface area contributed by atoms with E-state index in [9.17, 15) is 49.1 Å². The summed E-state index contributed by atoms with van der Waals surface area (Å²) in [6.07, 6.45) is -14.1. The molecule has 0 aromatic carbocycles. The van der Waals surface area contributed by atoms with Crippen molar-refractivity contribution in [2.45, 2.75) is 18.5 Å². The summed E-state index contributed by atoms with van der Waals surface area (Å²) in [7, 11) is 0. The molecule has 2 N–H and O–H groups in total. The van der Waals surface area contributed by atoms with E-state index in [2.05, 4.69) is 31.5 Å². The van der Waals surface area contributed by atoms with Crippen LogP contribution in [-0.4, -0.2) is 51.9 Å². The number of alkyl halides is 9. The van der Waals surface area contributed by atoms with Crippen molar-refractivity contribution in [3.8, 4) is 17.7 Å². The highest BCUT2D eigenvalue weighted by atomic mass is 19.4. The first-order valence-corrected chi connectivity index (χ1v) is 8.35. The van der Waals surface area contributed by atoms with Gasteiger partial charge in [0.1, 0.15) is 23.5 Å². The first-order chi connectivity index (χ1) is 15.6. The summed E-state index contributed by atoms with van der Waals surface area (Å²) in [6, 6.07) is 1.97. The molecule has 0 saturated heterocycles. The lowest BCUT2D eigenvalue weighted by Crippen LogP contribution is -2.31. The number of anilines is 2. The van der Waals surface area contributed by atoms with Crippen molar-refractivity contribution in [2.75, 3.05) is 17.2 Å². The van der Waals surface area contributed by atoms with E-state index in [1.807, 2.05) is 0 Å². The molecule has 2 rings (SSSR count). The van der Waals surface area contributed by atoms with Gasteiger partial charge in [0.05, 0.1) is 0 Å². The number of carbonyl (C=O) groups is 2. The zero-order chi connectivity index (χ0) is 25.7. The summed E-state index contributed by atoms with van der Waals surface area (Å²) in [5.74, 6) is -2.24. The molecule has 0 aliphatic rings. The van der Waals surface area contributed by atoms with E-state index in [4.69, 9.17) is 0 Å². The van der Waals surface area contributed by atoms with Gasteiger partial charge in [0, 0.05) is 11.8 Å². The first-order valence-electron chi connectivity index (χ1n) is 8.35. The third kappa shape index (κ3) is 7.79. The predicted molar refractivity (Wildman–Crippen MR) is 93.2 cm³/mol. The summed E-state index contributed by atoms with van der Waals surface area (Å²) in [5, 5.41) is 2.71. The van der Waals surface area contributed by atoms with E-state index < -0.39 is 60.0 Å². The van der Waals surface area contributed by atoms with Crippen molar-refractivity contribution >= 4 is 23.3 Å². The maximum absolute atomic E-state index is 12.6. The van der Waals surface area contributed by atoms with E-state index >= 15 is 0 Å². The topological polar surface area (TPSA) is 106 Å². The summed E-state index contributed by atoms with van der Waals surface area (Å²) in [6.45, 7) is -1.97. The van der Waals surface area contributed by atoms with E-state index in [1.165, 1.54) is 10.6 Å². The van der Waals surface area contributed by atoms with Crippen molar-refractivity contribution in [2.24, 2.45) is 0 Å². The molecule has 2 amide bonds. The van der Waals surface area contributed by atoms with Gasteiger partial charge in [-0.1, -0.05) is 5.92 Å². The zero-order valence-electron chi connectivity index (χ0n) is 16.0. The normalized spacial score (nSPS) is 11.8. The molecule has 34 heavy (non-hydrogen) atoms. The van der Waals surface area contributed by atoms with Crippen LogP contribution in [0.3, 0.4) is 0 Å². The largest absolute Gasteiger partial charge is 0.471 e. The van der Waals surface area contributed by atoms with Gasteiger partial charge in [-0.05, 0) is 18.1 Å². The number of carbonyl (C=O) groups excluding carboxylic acids is 2. The first kappa shape index (κ1) is 26.2. The number of ether oxygens (including phenoxy) is 1. The fraction of sp³-hybridized carbons (Fsp3) is 0.235. The quantitative estimate of drug-likeness (QED) is 0.493. The Morgan fingerprint density at radius 2 is 1.50 bits per heavy atom. The molecule has 2 heterocycles. The van der Waals surface area contributed by atoms with Crippen molar-refractivity contribution in [3.05, 3.63) is 35.9 Å². The molecule has 0 aliphatic carbocycles. The lowest BCUT2D eigenvalue weighted by molar-refractivity contribution is -0.167. The van der Waals surface area contributed by atoms with Gasteiger partial charge in [-0.15, -0.1) is 0 Å². The number of rotatable bonds is 4. The highest BCUT2D eigenvalue weighted by molar-refractivity contribution is 5.97. The Labute approximate surface area is 182 Å². The van der Waals surface area contributed by atoms with Gasteiger partial charge < -0.3 is 15.4 Å². The molecule has 2 aromatic heterocycles. The van der Waals surface area contributed by atoms with Gasteiger partial charge in [0.2, 0.25) is 5.88 Å². The van der Waals surface area contributed by atoms with Crippen molar-refractivity contribution in [3.63, 3.8) is 0 Å². The van der Waals surface area contributed by atoms with Crippen LogP contribution < -0.4 is 15.4 Å². The summed E-state index contributed by atoms with van der Waals surface area (Å²) < 4.78 is 116. The van der Waals surface area contributed by atoms with Crippen LogP contribution in [0.1, 0.15) is 11.3 Å². The van der Waals surface area contributed by atoms with E-state index in [0.717, 1.165) is 18.3 Å². The smallest absolute Gasteiger partial charge is 0.466 e. The minimum Gasteiger partial charge on any atom is -0.466 e. The SMILES string of the molecule is O=C(Nc1cc(C#Cc2ncnc(OCC(F)(F)F)c2NC(=O)C(F)(F)F)ccn1)C(F)(F)F. The third-order valence-corrected chi connectivity index (χ3v) is 3.27. The maximum Gasteiger partial charge on any atom is 0.471 e. The summed E-state index contributed by atoms with van der Waals surface area (Å²) in [5.41, 5.74) is -1.90. The standard InChI is InChI=1S/C17H8F9N5O3/c18-15(19,20)6-34-12-11(31-14(33)17(24,25)26)9(28-7-29-12)2-1-8-3-4-27-10(5-8)30-13(32)16(21,22)23/h3-5,7H,6H2,(H,31,33)(H,27,30,32).